The van der Waals surface area contributed by atoms with Crippen LogP contribution in [0.15, 0.2) is 118 Å². The maximum Gasteiger partial charge on any atom is 0.0894 e. The lowest BCUT2D eigenvalue weighted by Gasteiger charge is -2.46. The number of ether oxygens (including phenoxy) is 4. The van der Waals surface area contributed by atoms with Crippen LogP contribution in [0.5, 0.6) is 0 Å². The first-order valence-electron chi connectivity index (χ1n) is 16.7. The summed E-state index contributed by atoms with van der Waals surface area (Å²) >= 11 is 7.41. The topological polar surface area (TPSA) is 36.9 Å². The summed E-state index contributed by atoms with van der Waals surface area (Å²) in [6, 6.07) is 38.1. The molecule has 6 heteroatoms. The first-order chi connectivity index (χ1) is 22.7. The lowest BCUT2D eigenvalue weighted by atomic mass is 9.72. The molecule has 0 N–H and O–H groups in total. The van der Waals surface area contributed by atoms with Crippen molar-refractivity contribution in [3.63, 3.8) is 0 Å². The highest BCUT2D eigenvalue weighted by Gasteiger charge is 2.45. The van der Waals surface area contributed by atoms with Gasteiger partial charge in [0.15, 0.2) is 0 Å². The second-order valence-electron chi connectivity index (χ2n) is 12.9. The van der Waals surface area contributed by atoms with Crippen LogP contribution in [-0.4, -0.2) is 26.4 Å². The summed E-state index contributed by atoms with van der Waals surface area (Å²) in [7, 11) is 0. The third-order valence-corrected chi connectivity index (χ3v) is 11.8. The van der Waals surface area contributed by atoms with Crippen molar-refractivity contribution in [2.75, 3.05) is 26.4 Å². The van der Waals surface area contributed by atoms with Gasteiger partial charge in [0, 0.05) is 47.2 Å². The second-order valence-corrected chi connectivity index (χ2v) is 14.6. The van der Waals surface area contributed by atoms with Crippen molar-refractivity contribution < 1.29 is 18.9 Å². The Hall–Kier alpha value is -2.32. The van der Waals surface area contributed by atoms with Gasteiger partial charge in [0.25, 0.3) is 0 Å². The van der Waals surface area contributed by atoms with Crippen LogP contribution in [0.2, 0.25) is 0 Å². The van der Waals surface area contributed by atoms with Gasteiger partial charge in [0.1, 0.15) is 0 Å². The Bertz CT molecular complexity index is 1430. The normalized spacial score (nSPS) is 30.7. The van der Waals surface area contributed by atoms with Gasteiger partial charge in [-0.05, 0) is 71.9 Å². The van der Waals surface area contributed by atoms with Crippen molar-refractivity contribution in [3.8, 4) is 0 Å². The third kappa shape index (κ3) is 6.94. The summed E-state index contributed by atoms with van der Waals surface area (Å²) < 4.78 is 27.2. The number of benzene rings is 4. The van der Waals surface area contributed by atoms with Crippen LogP contribution in [0.3, 0.4) is 0 Å². The Labute approximate surface area is 290 Å². The van der Waals surface area contributed by atoms with E-state index < -0.39 is 0 Å². The molecule has 4 aromatic rings. The maximum absolute atomic E-state index is 6.26. The molecule has 4 aliphatic heterocycles. The molecule has 4 saturated heterocycles. The highest BCUT2D eigenvalue weighted by Crippen LogP contribution is 2.52. The van der Waals surface area contributed by atoms with E-state index in [-0.39, 0.29) is 24.4 Å². The molecule has 0 saturated carbocycles. The fraction of sp³-hybridized carbons (Fsp3) is 0.400. The molecule has 0 aromatic heterocycles. The van der Waals surface area contributed by atoms with Gasteiger partial charge in [-0.2, -0.15) is 0 Å². The highest BCUT2D eigenvalue weighted by atomic mass is 79.9. The summed E-state index contributed by atoms with van der Waals surface area (Å²) in [5.41, 5.74) is 5.02. The lowest BCUT2D eigenvalue weighted by molar-refractivity contribution is -0.158. The SMILES string of the molecule is Brc1ccccc1[C@@H]1OCC[C@@H]2CCO[C@H](c3ccccc3)[C@H]21.Brc1ccccc1[C@H]1OCC[C@H]2CCO[C@@H](c3ccccc3)[C@@H]21. The predicted octanol–water partition coefficient (Wildman–Crippen LogP) is 10.6. The summed E-state index contributed by atoms with van der Waals surface area (Å²) in [5, 5.41) is 0. The smallest absolute Gasteiger partial charge is 0.0894 e. The molecule has 0 aliphatic carbocycles. The van der Waals surface area contributed by atoms with Crippen LogP contribution in [0.1, 0.15) is 72.4 Å². The minimum Gasteiger partial charge on any atom is -0.373 e. The zero-order valence-electron chi connectivity index (χ0n) is 26.1. The average molecular weight is 747 g/mol. The molecule has 4 fully saturated rings. The molecular formula is C40H42Br2O4. The van der Waals surface area contributed by atoms with E-state index >= 15 is 0 Å². The molecule has 0 spiro atoms. The van der Waals surface area contributed by atoms with Gasteiger partial charge < -0.3 is 18.9 Å². The van der Waals surface area contributed by atoms with Gasteiger partial charge in [-0.1, -0.05) is 129 Å². The molecule has 4 aromatic carbocycles. The zero-order valence-corrected chi connectivity index (χ0v) is 29.2. The molecule has 240 valence electrons. The van der Waals surface area contributed by atoms with Crippen molar-refractivity contribution in [2.24, 2.45) is 23.7 Å². The summed E-state index contributed by atoms with van der Waals surface area (Å²) in [6.45, 7) is 3.39. The number of rotatable bonds is 4. The Morgan fingerprint density at radius 1 is 0.391 bits per heavy atom. The Kier molecular flexibility index (Phi) is 10.7. The van der Waals surface area contributed by atoms with E-state index in [0.717, 1.165) is 61.1 Å². The van der Waals surface area contributed by atoms with E-state index in [0.29, 0.717) is 23.7 Å². The molecule has 8 atom stereocenters. The summed E-state index contributed by atoms with van der Waals surface area (Å²) in [6.07, 6.45) is 4.97. The van der Waals surface area contributed by atoms with Crippen molar-refractivity contribution in [1.82, 2.24) is 0 Å². The van der Waals surface area contributed by atoms with Gasteiger partial charge in [-0.15, -0.1) is 0 Å². The zero-order chi connectivity index (χ0) is 31.3. The van der Waals surface area contributed by atoms with Crippen LogP contribution < -0.4 is 0 Å². The number of hydrogen-bond donors (Lipinski definition) is 0. The van der Waals surface area contributed by atoms with E-state index in [1.165, 1.54) is 22.3 Å². The van der Waals surface area contributed by atoms with Crippen molar-refractivity contribution in [3.05, 3.63) is 140 Å². The molecule has 46 heavy (non-hydrogen) atoms. The minimum absolute atomic E-state index is 0.0924. The Morgan fingerprint density at radius 3 is 1.09 bits per heavy atom. The fourth-order valence-electron chi connectivity index (χ4n) is 8.12. The molecule has 4 heterocycles. The molecule has 0 bridgehead atoms. The second kappa shape index (κ2) is 15.3. The number of fused-ring (bicyclic) bond motifs is 2. The molecule has 0 amide bonds. The summed E-state index contributed by atoms with van der Waals surface area (Å²) in [4.78, 5) is 0. The van der Waals surface area contributed by atoms with Crippen LogP contribution in [0, 0.1) is 23.7 Å². The molecule has 4 aliphatic rings. The summed E-state index contributed by atoms with van der Waals surface area (Å²) in [5.74, 6) is 2.08. The quantitative estimate of drug-likeness (QED) is 0.208. The predicted molar refractivity (Wildman–Crippen MR) is 188 cm³/mol. The van der Waals surface area contributed by atoms with Gasteiger partial charge in [0.2, 0.25) is 0 Å². The fourth-order valence-corrected chi connectivity index (χ4v) is 9.14. The van der Waals surface area contributed by atoms with Crippen LogP contribution >= 0.6 is 31.9 Å². The van der Waals surface area contributed by atoms with Crippen molar-refractivity contribution >= 4 is 31.9 Å². The molecule has 0 unspecified atom stereocenters. The monoisotopic (exact) mass is 744 g/mol. The minimum atomic E-state index is 0.0924. The van der Waals surface area contributed by atoms with Gasteiger partial charge in [-0.25, -0.2) is 0 Å². The van der Waals surface area contributed by atoms with Crippen molar-refractivity contribution in [2.45, 2.75) is 50.1 Å². The van der Waals surface area contributed by atoms with E-state index in [1.54, 1.807) is 0 Å². The van der Waals surface area contributed by atoms with Gasteiger partial charge >= 0.3 is 0 Å². The third-order valence-electron chi connectivity index (χ3n) is 10.3. The molecule has 0 radical (unpaired) electrons. The number of hydrogen-bond acceptors (Lipinski definition) is 4. The first kappa shape index (κ1) is 32.2. The van der Waals surface area contributed by atoms with Crippen LogP contribution in [-0.2, 0) is 18.9 Å². The average Bonchev–Trinajstić information content (AvgIpc) is 3.12. The highest BCUT2D eigenvalue weighted by molar-refractivity contribution is 9.10. The van der Waals surface area contributed by atoms with E-state index in [9.17, 15) is 0 Å². The largest absolute Gasteiger partial charge is 0.373 e. The van der Waals surface area contributed by atoms with Crippen LogP contribution in [0.25, 0.3) is 0 Å². The first-order valence-corrected chi connectivity index (χ1v) is 18.3. The maximum atomic E-state index is 6.26. The van der Waals surface area contributed by atoms with Crippen LogP contribution in [0.4, 0.5) is 0 Å². The Balaban J connectivity index is 0.000000147. The Morgan fingerprint density at radius 2 is 0.717 bits per heavy atom. The van der Waals surface area contributed by atoms with Gasteiger partial charge in [0.05, 0.1) is 24.4 Å². The molecule has 4 nitrogen and oxygen atoms in total. The van der Waals surface area contributed by atoms with Crippen molar-refractivity contribution in [1.29, 1.82) is 0 Å². The standard InChI is InChI=1S/2C20H21BrO2/c2*21-17-9-5-4-8-16(17)20-18-14(11-13-23-20)10-12-22-19(18)15-6-2-1-3-7-15/h2*1-9,14,18-20H,10-13H2/t2*14-,18-,19+,20-/m10/s1. The van der Waals surface area contributed by atoms with E-state index in [4.69, 9.17) is 18.9 Å². The van der Waals surface area contributed by atoms with Gasteiger partial charge in [-0.3, -0.25) is 0 Å². The number of halogens is 2. The van der Waals surface area contributed by atoms with E-state index in [2.05, 4.69) is 141 Å². The lowest BCUT2D eigenvalue weighted by Crippen LogP contribution is -2.40. The molecule has 8 rings (SSSR count). The van der Waals surface area contributed by atoms with E-state index in [1.807, 2.05) is 0 Å². The molecular weight excluding hydrogens is 704 g/mol.